The van der Waals surface area contributed by atoms with E-state index in [9.17, 15) is 9.90 Å². The van der Waals surface area contributed by atoms with Gasteiger partial charge in [-0.1, -0.05) is 23.3 Å². The molecule has 0 aromatic carbocycles. The van der Waals surface area contributed by atoms with Gasteiger partial charge in [0.15, 0.2) is 6.04 Å². The molecule has 2 N–H and O–H groups in total. The first kappa shape index (κ1) is 16.5. The molecule has 22 heavy (non-hydrogen) atoms. The lowest BCUT2D eigenvalue weighted by Gasteiger charge is -2.31. The highest BCUT2D eigenvalue weighted by Crippen LogP contribution is 2.27. The molecule has 1 aliphatic heterocycles. The van der Waals surface area contributed by atoms with Crippen molar-refractivity contribution in [3.8, 4) is 0 Å². The number of aromatic nitrogens is 2. The molecule has 0 radical (unpaired) electrons. The zero-order valence-electron chi connectivity index (χ0n) is 13.6. The Morgan fingerprint density at radius 3 is 2.91 bits per heavy atom. The summed E-state index contributed by atoms with van der Waals surface area (Å²) >= 11 is 0. The Morgan fingerprint density at radius 1 is 1.45 bits per heavy atom. The zero-order chi connectivity index (χ0) is 16.1. The number of allylic oxidation sites excluding steroid dienone is 3. The predicted octanol–water partition coefficient (Wildman–Crippen LogP) is 3.09. The number of carboxylic acids is 1. The molecule has 1 aromatic rings. The SMILES string of the molecule is CC(C)=CCC/C(C)=C/CN1CCc2[nH]cnc2[C@H]1C(=O)O. The summed E-state index contributed by atoms with van der Waals surface area (Å²) in [5.74, 6) is -0.830. The number of hydrogen-bond donors (Lipinski definition) is 2. The number of imidazole rings is 1. The van der Waals surface area contributed by atoms with Crippen molar-refractivity contribution in [3.05, 3.63) is 41.0 Å². The van der Waals surface area contributed by atoms with Crippen LogP contribution < -0.4 is 0 Å². The summed E-state index contributed by atoms with van der Waals surface area (Å²) in [5.41, 5.74) is 4.25. The third kappa shape index (κ3) is 4.07. The van der Waals surface area contributed by atoms with Crippen molar-refractivity contribution < 1.29 is 9.90 Å². The maximum absolute atomic E-state index is 11.6. The van der Waals surface area contributed by atoms with Crippen molar-refractivity contribution >= 4 is 5.97 Å². The second kappa shape index (κ2) is 7.40. The van der Waals surface area contributed by atoms with Gasteiger partial charge in [-0.25, -0.2) is 4.98 Å². The standard InChI is InChI=1S/C17H25N3O2/c1-12(2)5-4-6-13(3)7-9-20-10-8-14-15(19-11-18-14)16(20)17(21)22/h5,7,11,16H,4,6,8-10H2,1-3H3,(H,18,19)(H,21,22)/b13-7+/t16-/m0/s1. The van der Waals surface area contributed by atoms with Crippen LogP contribution in [-0.2, 0) is 11.2 Å². The van der Waals surface area contributed by atoms with Crippen LogP contribution in [0.1, 0.15) is 51.0 Å². The summed E-state index contributed by atoms with van der Waals surface area (Å²) in [6.45, 7) is 7.71. The molecule has 2 rings (SSSR count). The molecular weight excluding hydrogens is 278 g/mol. The number of hydrogen-bond acceptors (Lipinski definition) is 3. The first-order chi connectivity index (χ1) is 10.5. The molecule has 0 unspecified atom stereocenters. The number of aliphatic carboxylic acids is 1. The van der Waals surface area contributed by atoms with E-state index >= 15 is 0 Å². The average Bonchev–Trinajstić information content (AvgIpc) is 2.91. The predicted molar refractivity (Wildman–Crippen MR) is 86.7 cm³/mol. The monoisotopic (exact) mass is 303 g/mol. The summed E-state index contributed by atoms with van der Waals surface area (Å²) in [6.07, 6.45) is 8.84. The molecule has 1 aliphatic rings. The summed E-state index contributed by atoms with van der Waals surface area (Å²) in [6, 6.07) is -0.642. The molecule has 1 atom stereocenters. The third-order valence-electron chi connectivity index (χ3n) is 4.02. The Morgan fingerprint density at radius 2 is 2.23 bits per heavy atom. The van der Waals surface area contributed by atoms with Crippen LogP contribution in [0.3, 0.4) is 0 Å². The van der Waals surface area contributed by atoms with Crippen molar-refractivity contribution in [1.82, 2.24) is 14.9 Å². The van der Waals surface area contributed by atoms with Crippen LogP contribution in [0.15, 0.2) is 29.6 Å². The molecular formula is C17H25N3O2. The number of nitrogens with zero attached hydrogens (tertiary/aromatic N) is 2. The van der Waals surface area contributed by atoms with E-state index in [4.69, 9.17) is 0 Å². The minimum Gasteiger partial charge on any atom is -0.480 e. The van der Waals surface area contributed by atoms with E-state index < -0.39 is 12.0 Å². The van der Waals surface area contributed by atoms with Gasteiger partial charge in [-0.15, -0.1) is 0 Å². The molecule has 5 nitrogen and oxygen atoms in total. The van der Waals surface area contributed by atoms with Crippen LogP contribution in [-0.4, -0.2) is 39.0 Å². The lowest BCUT2D eigenvalue weighted by atomic mass is 10.0. The van der Waals surface area contributed by atoms with Crippen LogP contribution in [0.5, 0.6) is 0 Å². The molecule has 0 saturated heterocycles. The van der Waals surface area contributed by atoms with Gasteiger partial charge < -0.3 is 10.1 Å². The Kier molecular flexibility index (Phi) is 5.55. The van der Waals surface area contributed by atoms with Gasteiger partial charge in [0.05, 0.1) is 12.0 Å². The number of carboxylic acid groups (broad SMARTS) is 1. The van der Waals surface area contributed by atoms with Gasteiger partial charge in [0, 0.05) is 25.2 Å². The van der Waals surface area contributed by atoms with E-state index in [1.807, 2.05) is 4.90 Å². The Labute approximate surface area is 131 Å². The van der Waals surface area contributed by atoms with Crippen molar-refractivity contribution in [3.63, 3.8) is 0 Å². The smallest absolute Gasteiger partial charge is 0.327 e. The fraction of sp³-hybridized carbons (Fsp3) is 0.529. The van der Waals surface area contributed by atoms with Crippen LogP contribution in [0, 0.1) is 0 Å². The van der Waals surface area contributed by atoms with E-state index in [0.29, 0.717) is 12.2 Å². The van der Waals surface area contributed by atoms with E-state index in [-0.39, 0.29) is 0 Å². The van der Waals surface area contributed by atoms with Gasteiger partial charge in [0.1, 0.15) is 0 Å². The second-order valence-electron chi connectivity index (χ2n) is 6.12. The maximum Gasteiger partial charge on any atom is 0.327 e. The van der Waals surface area contributed by atoms with Crippen molar-refractivity contribution in [1.29, 1.82) is 0 Å². The van der Waals surface area contributed by atoms with E-state index in [1.165, 1.54) is 11.1 Å². The lowest BCUT2D eigenvalue weighted by molar-refractivity contribution is -0.143. The fourth-order valence-electron chi connectivity index (χ4n) is 2.76. The Hall–Kier alpha value is -1.88. The number of carbonyl (C=O) groups is 1. The molecule has 0 amide bonds. The molecule has 5 heteroatoms. The highest BCUT2D eigenvalue weighted by molar-refractivity contribution is 5.75. The molecule has 2 heterocycles. The van der Waals surface area contributed by atoms with Crippen molar-refractivity contribution in [2.45, 2.75) is 46.1 Å². The van der Waals surface area contributed by atoms with Crippen LogP contribution >= 0.6 is 0 Å². The summed E-state index contributed by atoms with van der Waals surface area (Å²) in [7, 11) is 0. The van der Waals surface area contributed by atoms with Gasteiger partial charge in [0.2, 0.25) is 0 Å². The number of nitrogens with one attached hydrogen (secondary N) is 1. The number of H-pyrrole nitrogens is 1. The van der Waals surface area contributed by atoms with E-state index in [1.54, 1.807) is 6.33 Å². The Balaban J connectivity index is 2.00. The lowest BCUT2D eigenvalue weighted by Crippen LogP contribution is -2.40. The van der Waals surface area contributed by atoms with Crippen molar-refractivity contribution in [2.24, 2.45) is 0 Å². The van der Waals surface area contributed by atoms with Gasteiger partial charge in [-0.3, -0.25) is 9.69 Å². The summed E-state index contributed by atoms with van der Waals surface area (Å²) in [4.78, 5) is 20.8. The summed E-state index contributed by atoms with van der Waals surface area (Å²) < 4.78 is 0. The highest BCUT2D eigenvalue weighted by Gasteiger charge is 2.34. The second-order valence-corrected chi connectivity index (χ2v) is 6.12. The molecule has 0 bridgehead atoms. The molecule has 0 fully saturated rings. The van der Waals surface area contributed by atoms with E-state index in [0.717, 1.165) is 31.5 Å². The minimum atomic E-state index is -0.830. The van der Waals surface area contributed by atoms with Gasteiger partial charge >= 0.3 is 5.97 Å². The number of aromatic amines is 1. The topological polar surface area (TPSA) is 69.2 Å². The van der Waals surface area contributed by atoms with Gasteiger partial charge in [-0.05, 0) is 33.6 Å². The highest BCUT2D eigenvalue weighted by atomic mass is 16.4. The zero-order valence-corrected chi connectivity index (χ0v) is 13.6. The number of fused-ring (bicyclic) bond motifs is 1. The molecule has 0 aliphatic carbocycles. The number of rotatable bonds is 6. The first-order valence-electron chi connectivity index (χ1n) is 7.77. The van der Waals surface area contributed by atoms with E-state index in [2.05, 4.69) is 42.9 Å². The van der Waals surface area contributed by atoms with Crippen LogP contribution in [0.4, 0.5) is 0 Å². The Bertz CT molecular complexity index is 582. The third-order valence-corrected chi connectivity index (χ3v) is 4.02. The average molecular weight is 303 g/mol. The quantitative estimate of drug-likeness (QED) is 0.792. The molecule has 0 spiro atoms. The summed E-state index contributed by atoms with van der Waals surface area (Å²) in [5, 5.41) is 9.52. The molecule has 120 valence electrons. The molecule has 1 aromatic heterocycles. The van der Waals surface area contributed by atoms with Gasteiger partial charge in [0.25, 0.3) is 0 Å². The van der Waals surface area contributed by atoms with Gasteiger partial charge in [-0.2, -0.15) is 0 Å². The van der Waals surface area contributed by atoms with Crippen LogP contribution in [0.2, 0.25) is 0 Å². The largest absolute Gasteiger partial charge is 0.480 e. The fourth-order valence-corrected chi connectivity index (χ4v) is 2.76. The van der Waals surface area contributed by atoms with Crippen LogP contribution in [0.25, 0.3) is 0 Å². The maximum atomic E-state index is 11.6. The normalized spacial score (nSPS) is 18.9. The first-order valence-corrected chi connectivity index (χ1v) is 7.77. The van der Waals surface area contributed by atoms with Crippen molar-refractivity contribution in [2.75, 3.05) is 13.1 Å². The molecule has 0 saturated carbocycles. The minimum absolute atomic E-state index is 0.642.